The largest absolute Gasteiger partial charge is 0.493 e. The van der Waals surface area contributed by atoms with Crippen LogP contribution in [0.1, 0.15) is 24.5 Å². The molecule has 0 radical (unpaired) electrons. The summed E-state index contributed by atoms with van der Waals surface area (Å²) in [6.45, 7) is 5.47. The Morgan fingerprint density at radius 3 is 2.52 bits per heavy atom. The Balaban J connectivity index is 1.90. The molecule has 0 unspecified atom stereocenters. The number of anilines is 2. The van der Waals surface area contributed by atoms with Gasteiger partial charge in [0.1, 0.15) is 11.6 Å². The maximum atomic E-state index is 13.8. The number of carbonyl (C=O) groups is 2. The zero-order valence-electron chi connectivity index (χ0n) is 14.5. The van der Waals surface area contributed by atoms with Gasteiger partial charge in [-0.1, -0.05) is 17.7 Å². The van der Waals surface area contributed by atoms with Crippen LogP contribution in [-0.4, -0.2) is 18.4 Å². The van der Waals surface area contributed by atoms with E-state index in [0.29, 0.717) is 5.69 Å². The highest BCUT2D eigenvalue weighted by Gasteiger charge is 2.09. The molecule has 0 aliphatic carbocycles. The fraction of sp³-hybridized carbons (Fsp3) is 0.263. The van der Waals surface area contributed by atoms with Crippen LogP contribution in [0.15, 0.2) is 36.4 Å². The van der Waals surface area contributed by atoms with Gasteiger partial charge in [0.2, 0.25) is 11.8 Å². The summed E-state index contributed by atoms with van der Waals surface area (Å²) in [6.07, 6.45) is 0.0805. The maximum Gasteiger partial charge on any atom is 0.227 e. The number of halogens is 1. The molecule has 0 spiro atoms. The second kappa shape index (κ2) is 8.28. The third kappa shape index (κ3) is 5.60. The predicted molar refractivity (Wildman–Crippen MR) is 95.4 cm³/mol. The van der Waals surface area contributed by atoms with Crippen LogP contribution in [0.25, 0.3) is 0 Å². The Bertz CT molecular complexity index is 790. The molecular weight excluding hydrogens is 323 g/mol. The third-order valence-electron chi connectivity index (χ3n) is 3.48. The molecule has 0 aromatic heterocycles. The Kier molecular flexibility index (Phi) is 6.11. The average Bonchev–Trinajstić information content (AvgIpc) is 2.52. The Morgan fingerprint density at radius 2 is 1.84 bits per heavy atom. The first-order valence-electron chi connectivity index (χ1n) is 7.92. The van der Waals surface area contributed by atoms with Crippen LogP contribution in [-0.2, 0) is 9.59 Å². The summed E-state index contributed by atoms with van der Waals surface area (Å²) < 4.78 is 19.4. The van der Waals surface area contributed by atoms with Crippen molar-refractivity contribution in [1.82, 2.24) is 0 Å². The van der Waals surface area contributed by atoms with Gasteiger partial charge in [0.25, 0.3) is 0 Å². The molecule has 132 valence electrons. The van der Waals surface area contributed by atoms with Crippen LogP contribution in [0.4, 0.5) is 15.8 Å². The lowest BCUT2D eigenvalue weighted by molar-refractivity contribution is -0.116. The van der Waals surface area contributed by atoms with Crippen LogP contribution < -0.4 is 15.4 Å². The van der Waals surface area contributed by atoms with E-state index >= 15 is 0 Å². The number of benzene rings is 2. The standard InChI is InChI=1S/C19H21FN2O3/c1-12-4-7-18(13(2)10-12)25-9-8-19(24)22-17-11-15(21-14(3)23)5-6-16(17)20/h4-7,10-11H,8-9H2,1-3H3,(H,21,23)(H,22,24). The molecule has 0 saturated heterocycles. The molecule has 0 saturated carbocycles. The van der Waals surface area contributed by atoms with Crippen molar-refractivity contribution in [3.63, 3.8) is 0 Å². The Morgan fingerprint density at radius 1 is 1.08 bits per heavy atom. The van der Waals surface area contributed by atoms with Crippen LogP contribution in [0.2, 0.25) is 0 Å². The molecule has 5 nitrogen and oxygen atoms in total. The lowest BCUT2D eigenvalue weighted by Gasteiger charge is -2.11. The average molecular weight is 344 g/mol. The van der Waals surface area contributed by atoms with Crippen molar-refractivity contribution in [2.75, 3.05) is 17.2 Å². The summed E-state index contributed by atoms with van der Waals surface area (Å²) in [5.74, 6) is -0.496. The monoisotopic (exact) mass is 344 g/mol. The van der Waals surface area contributed by atoms with E-state index in [1.54, 1.807) is 0 Å². The predicted octanol–water partition coefficient (Wildman–Crippen LogP) is 3.81. The minimum absolute atomic E-state index is 0.0165. The topological polar surface area (TPSA) is 67.4 Å². The summed E-state index contributed by atoms with van der Waals surface area (Å²) >= 11 is 0. The first-order valence-corrected chi connectivity index (χ1v) is 7.92. The smallest absolute Gasteiger partial charge is 0.227 e. The van der Waals surface area contributed by atoms with Crippen molar-refractivity contribution in [3.8, 4) is 5.75 Å². The molecular formula is C19H21FN2O3. The number of ether oxygens (including phenoxy) is 1. The molecule has 25 heavy (non-hydrogen) atoms. The van der Waals surface area contributed by atoms with Gasteiger partial charge in [-0.25, -0.2) is 4.39 Å². The van der Waals surface area contributed by atoms with Crippen LogP contribution in [0, 0.1) is 19.7 Å². The van der Waals surface area contributed by atoms with Gasteiger partial charge in [-0.15, -0.1) is 0 Å². The lowest BCUT2D eigenvalue weighted by atomic mass is 10.1. The number of rotatable bonds is 6. The molecule has 0 heterocycles. The SMILES string of the molecule is CC(=O)Nc1ccc(F)c(NC(=O)CCOc2ccc(C)cc2C)c1. The van der Waals surface area contributed by atoms with E-state index in [1.807, 2.05) is 32.0 Å². The molecule has 2 rings (SSSR count). The minimum atomic E-state index is -0.572. The molecule has 0 atom stereocenters. The van der Waals surface area contributed by atoms with Gasteiger partial charge < -0.3 is 15.4 Å². The molecule has 0 aliphatic heterocycles. The van der Waals surface area contributed by atoms with Crippen molar-refractivity contribution in [2.45, 2.75) is 27.2 Å². The van der Waals surface area contributed by atoms with E-state index in [4.69, 9.17) is 4.74 Å². The summed E-state index contributed by atoms with van der Waals surface area (Å²) in [5.41, 5.74) is 2.56. The van der Waals surface area contributed by atoms with E-state index in [9.17, 15) is 14.0 Å². The third-order valence-corrected chi connectivity index (χ3v) is 3.48. The number of carbonyl (C=O) groups excluding carboxylic acids is 2. The van der Waals surface area contributed by atoms with E-state index in [-0.39, 0.29) is 30.5 Å². The van der Waals surface area contributed by atoms with Crippen LogP contribution >= 0.6 is 0 Å². The number of aryl methyl sites for hydroxylation is 2. The van der Waals surface area contributed by atoms with E-state index in [2.05, 4.69) is 10.6 Å². The highest BCUT2D eigenvalue weighted by Crippen LogP contribution is 2.21. The molecule has 0 aliphatic rings. The maximum absolute atomic E-state index is 13.8. The second-order valence-electron chi connectivity index (χ2n) is 5.79. The molecule has 2 aromatic rings. The summed E-state index contributed by atoms with van der Waals surface area (Å²) in [5, 5.41) is 5.03. The number of amides is 2. The van der Waals surface area contributed by atoms with E-state index in [0.717, 1.165) is 16.9 Å². The first-order chi connectivity index (χ1) is 11.8. The second-order valence-corrected chi connectivity index (χ2v) is 5.79. The first kappa shape index (κ1) is 18.4. The van der Waals surface area contributed by atoms with Gasteiger partial charge in [0.15, 0.2) is 0 Å². The highest BCUT2D eigenvalue weighted by molar-refractivity contribution is 5.93. The van der Waals surface area contributed by atoms with Crippen molar-refractivity contribution in [3.05, 3.63) is 53.3 Å². The fourth-order valence-corrected chi connectivity index (χ4v) is 2.33. The van der Waals surface area contributed by atoms with E-state index < -0.39 is 5.82 Å². The molecule has 2 aromatic carbocycles. The van der Waals surface area contributed by atoms with Crippen molar-refractivity contribution in [2.24, 2.45) is 0 Å². The zero-order valence-corrected chi connectivity index (χ0v) is 14.5. The summed E-state index contributed by atoms with van der Waals surface area (Å²) in [6, 6.07) is 9.78. The van der Waals surface area contributed by atoms with Crippen molar-refractivity contribution in [1.29, 1.82) is 0 Å². The lowest BCUT2D eigenvalue weighted by Crippen LogP contribution is -2.16. The fourth-order valence-electron chi connectivity index (χ4n) is 2.33. The molecule has 0 bridgehead atoms. The van der Waals surface area contributed by atoms with Gasteiger partial charge in [0.05, 0.1) is 18.7 Å². The van der Waals surface area contributed by atoms with Gasteiger partial charge >= 0.3 is 0 Å². The zero-order chi connectivity index (χ0) is 18.4. The highest BCUT2D eigenvalue weighted by atomic mass is 19.1. The van der Waals surface area contributed by atoms with Crippen LogP contribution in [0.5, 0.6) is 5.75 Å². The Labute approximate surface area is 146 Å². The summed E-state index contributed by atoms with van der Waals surface area (Å²) in [7, 11) is 0. The normalized spacial score (nSPS) is 10.2. The van der Waals surface area contributed by atoms with Crippen LogP contribution in [0.3, 0.4) is 0 Å². The van der Waals surface area contributed by atoms with Crippen molar-refractivity contribution < 1.29 is 18.7 Å². The summed E-state index contributed by atoms with van der Waals surface area (Å²) in [4.78, 5) is 23.0. The quantitative estimate of drug-likeness (QED) is 0.837. The van der Waals surface area contributed by atoms with Gasteiger partial charge in [-0.2, -0.15) is 0 Å². The van der Waals surface area contributed by atoms with Gasteiger partial charge in [0, 0.05) is 12.6 Å². The van der Waals surface area contributed by atoms with Gasteiger partial charge in [-0.3, -0.25) is 9.59 Å². The molecule has 2 amide bonds. The number of hydrogen-bond donors (Lipinski definition) is 2. The molecule has 2 N–H and O–H groups in total. The van der Waals surface area contributed by atoms with Crippen molar-refractivity contribution >= 4 is 23.2 Å². The molecule has 6 heteroatoms. The number of nitrogens with one attached hydrogen (secondary N) is 2. The van der Waals surface area contributed by atoms with E-state index in [1.165, 1.54) is 25.1 Å². The minimum Gasteiger partial charge on any atom is -0.493 e. The molecule has 0 fully saturated rings. The number of hydrogen-bond acceptors (Lipinski definition) is 3. The Hall–Kier alpha value is -2.89. The van der Waals surface area contributed by atoms with Gasteiger partial charge in [-0.05, 0) is 43.7 Å².